The van der Waals surface area contributed by atoms with Gasteiger partial charge in [-0.1, -0.05) is 18.2 Å². The van der Waals surface area contributed by atoms with Gasteiger partial charge in [-0.3, -0.25) is 0 Å². The van der Waals surface area contributed by atoms with Crippen LogP contribution in [0.2, 0.25) is 0 Å². The monoisotopic (exact) mass is 280 g/mol. The molecule has 0 bridgehead atoms. The number of hydrogen-bond donors (Lipinski definition) is 2. The minimum atomic E-state index is 0.233. The van der Waals surface area contributed by atoms with Crippen molar-refractivity contribution in [2.24, 2.45) is 0 Å². The average Bonchev–Trinajstić information content (AvgIpc) is 2.92. The second kappa shape index (κ2) is 6.73. The van der Waals surface area contributed by atoms with Gasteiger partial charge in [-0.2, -0.15) is 0 Å². The summed E-state index contributed by atoms with van der Waals surface area (Å²) < 4.78 is 5.65. The van der Waals surface area contributed by atoms with Gasteiger partial charge < -0.3 is 20.1 Å². The van der Waals surface area contributed by atoms with Crippen LogP contribution < -0.4 is 5.32 Å². The van der Waals surface area contributed by atoms with Crippen LogP contribution in [0.3, 0.4) is 0 Å². The van der Waals surface area contributed by atoms with Gasteiger partial charge in [-0.05, 0) is 31.1 Å². The van der Waals surface area contributed by atoms with E-state index in [9.17, 15) is 5.11 Å². The lowest BCUT2D eigenvalue weighted by atomic mass is 10.1. The Hall–Kier alpha value is -1.33. The summed E-state index contributed by atoms with van der Waals surface area (Å²) in [6, 6.07) is 7.35. The lowest BCUT2D eigenvalue weighted by Gasteiger charge is -2.27. The SMILES string of the molecule is CNC(=S)N(Cc1ccccc1O)CC1CCCO1. The normalized spacial score (nSPS) is 18.3. The minimum absolute atomic E-state index is 0.233. The number of benzene rings is 1. The molecule has 1 aromatic carbocycles. The highest BCUT2D eigenvalue weighted by molar-refractivity contribution is 7.80. The van der Waals surface area contributed by atoms with Crippen LogP contribution in [0.4, 0.5) is 0 Å². The maximum absolute atomic E-state index is 9.85. The fourth-order valence-electron chi connectivity index (χ4n) is 2.26. The molecule has 1 aliphatic rings. The number of phenols is 1. The van der Waals surface area contributed by atoms with Gasteiger partial charge in [0.05, 0.1) is 6.10 Å². The molecule has 4 nitrogen and oxygen atoms in total. The quantitative estimate of drug-likeness (QED) is 0.825. The van der Waals surface area contributed by atoms with E-state index in [2.05, 4.69) is 5.32 Å². The van der Waals surface area contributed by atoms with E-state index in [-0.39, 0.29) is 6.10 Å². The van der Waals surface area contributed by atoms with Crippen molar-refractivity contribution < 1.29 is 9.84 Å². The molecule has 1 heterocycles. The number of thiocarbonyl (C=S) groups is 1. The molecule has 104 valence electrons. The molecule has 19 heavy (non-hydrogen) atoms. The molecule has 1 atom stereocenters. The second-order valence-electron chi connectivity index (χ2n) is 4.70. The summed E-state index contributed by atoms with van der Waals surface area (Å²) in [6.45, 7) is 2.18. The summed E-state index contributed by atoms with van der Waals surface area (Å²) in [7, 11) is 1.82. The molecule has 1 saturated heterocycles. The van der Waals surface area contributed by atoms with Crippen molar-refractivity contribution >= 4 is 17.3 Å². The maximum Gasteiger partial charge on any atom is 0.169 e. The molecule has 1 unspecified atom stereocenters. The van der Waals surface area contributed by atoms with Crippen LogP contribution >= 0.6 is 12.2 Å². The lowest BCUT2D eigenvalue weighted by molar-refractivity contribution is 0.0897. The predicted molar refractivity (Wildman–Crippen MR) is 79.1 cm³/mol. The third-order valence-corrected chi connectivity index (χ3v) is 3.76. The van der Waals surface area contributed by atoms with Crippen molar-refractivity contribution in [3.05, 3.63) is 29.8 Å². The van der Waals surface area contributed by atoms with Crippen molar-refractivity contribution in [3.8, 4) is 5.75 Å². The van der Waals surface area contributed by atoms with Gasteiger partial charge in [0.15, 0.2) is 5.11 Å². The Kier molecular flexibility index (Phi) is 4.99. The smallest absolute Gasteiger partial charge is 0.169 e. The van der Waals surface area contributed by atoms with Gasteiger partial charge in [-0.15, -0.1) is 0 Å². The highest BCUT2D eigenvalue weighted by Crippen LogP contribution is 2.20. The van der Waals surface area contributed by atoms with E-state index in [1.54, 1.807) is 6.07 Å². The number of nitrogens with zero attached hydrogens (tertiary/aromatic N) is 1. The molecular weight excluding hydrogens is 260 g/mol. The minimum Gasteiger partial charge on any atom is -0.508 e. The van der Waals surface area contributed by atoms with Crippen LogP contribution in [0.25, 0.3) is 0 Å². The summed E-state index contributed by atoms with van der Waals surface area (Å²) in [4.78, 5) is 2.04. The van der Waals surface area contributed by atoms with Gasteiger partial charge in [0.1, 0.15) is 5.75 Å². The van der Waals surface area contributed by atoms with Gasteiger partial charge in [0.2, 0.25) is 0 Å². The van der Waals surface area contributed by atoms with Crippen molar-refractivity contribution in [1.29, 1.82) is 0 Å². The highest BCUT2D eigenvalue weighted by atomic mass is 32.1. The van der Waals surface area contributed by atoms with Crippen molar-refractivity contribution in [2.75, 3.05) is 20.2 Å². The summed E-state index contributed by atoms with van der Waals surface area (Å²) >= 11 is 5.33. The van der Waals surface area contributed by atoms with E-state index in [1.807, 2.05) is 30.1 Å². The Morgan fingerprint density at radius 2 is 2.32 bits per heavy atom. The summed E-state index contributed by atoms with van der Waals surface area (Å²) in [5, 5.41) is 13.5. The zero-order valence-corrected chi connectivity index (χ0v) is 11.9. The fraction of sp³-hybridized carbons (Fsp3) is 0.500. The van der Waals surface area contributed by atoms with Crippen LogP contribution in [-0.4, -0.2) is 41.4 Å². The first-order chi connectivity index (χ1) is 9.20. The molecule has 2 rings (SSSR count). The molecule has 0 saturated carbocycles. The van der Waals surface area contributed by atoms with Gasteiger partial charge >= 0.3 is 0 Å². The van der Waals surface area contributed by atoms with Crippen LogP contribution in [0.5, 0.6) is 5.75 Å². The maximum atomic E-state index is 9.85. The van der Waals surface area contributed by atoms with Crippen LogP contribution in [-0.2, 0) is 11.3 Å². The van der Waals surface area contributed by atoms with Crippen molar-refractivity contribution in [3.63, 3.8) is 0 Å². The molecule has 0 aliphatic carbocycles. The summed E-state index contributed by atoms with van der Waals surface area (Å²) in [5.74, 6) is 0.304. The first-order valence-corrected chi connectivity index (χ1v) is 6.96. The molecule has 2 N–H and O–H groups in total. The number of phenolic OH excluding ortho intramolecular Hbond substituents is 1. The van der Waals surface area contributed by atoms with Gasteiger partial charge in [0.25, 0.3) is 0 Å². The molecule has 1 aromatic rings. The lowest BCUT2D eigenvalue weighted by Crippen LogP contribution is -2.41. The first kappa shape index (κ1) is 14.1. The molecule has 5 heteroatoms. The molecule has 0 aromatic heterocycles. The number of nitrogens with one attached hydrogen (secondary N) is 1. The Morgan fingerprint density at radius 3 is 2.95 bits per heavy atom. The third kappa shape index (κ3) is 3.81. The fourth-order valence-corrected chi connectivity index (χ4v) is 2.40. The number of para-hydroxylation sites is 1. The van der Waals surface area contributed by atoms with E-state index in [4.69, 9.17) is 17.0 Å². The summed E-state index contributed by atoms with van der Waals surface area (Å²) in [5.41, 5.74) is 0.873. The van der Waals surface area contributed by atoms with Crippen molar-refractivity contribution in [1.82, 2.24) is 10.2 Å². The Morgan fingerprint density at radius 1 is 1.53 bits per heavy atom. The standard InChI is InChI=1S/C14H20N2O2S/c1-15-14(19)16(10-12-6-4-8-18-12)9-11-5-2-3-7-13(11)17/h2-3,5,7,12,17H,4,6,8-10H2,1H3,(H,15,19). The van der Waals surface area contributed by atoms with E-state index in [1.165, 1.54) is 0 Å². The topological polar surface area (TPSA) is 44.7 Å². The zero-order valence-electron chi connectivity index (χ0n) is 11.1. The summed E-state index contributed by atoms with van der Waals surface area (Å²) in [6.07, 6.45) is 2.42. The van der Waals surface area contributed by atoms with E-state index < -0.39 is 0 Å². The van der Waals surface area contributed by atoms with Crippen LogP contribution in [0.1, 0.15) is 18.4 Å². The largest absolute Gasteiger partial charge is 0.508 e. The highest BCUT2D eigenvalue weighted by Gasteiger charge is 2.21. The third-order valence-electron chi connectivity index (χ3n) is 3.30. The first-order valence-electron chi connectivity index (χ1n) is 6.56. The van der Waals surface area contributed by atoms with Crippen molar-refractivity contribution in [2.45, 2.75) is 25.5 Å². The molecular formula is C14H20N2O2S. The number of hydrogen-bond acceptors (Lipinski definition) is 3. The van der Waals surface area contributed by atoms with E-state index in [0.29, 0.717) is 17.4 Å². The molecule has 0 radical (unpaired) electrons. The Bertz CT molecular complexity index is 433. The molecule has 0 spiro atoms. The zero-order chi connectivity index (χ0) is 13.7. The van der Waals surface area contributed by atoms with Gasteiger partial charge in [0, 0.05) is 32.3 Å². The average molecular weight is 280 g/mol. The van der Waals surface area contributed by atoms with E-state index >= 15 is 0 Å². The molecule has 0 amide bonds. The Labute approximate surface area is 119 Å². The predicted octanol–water partition coefficient (Wildman–Crippen LogP) is 1.88. The Balaban J connectivity index is 2.05. The molecule has 1 aliphatic heterocycles. The van der Waals surface area contributed by atoms with Crippen LogP contribution in [0, 0.1) is 0 Å². The second-order valence-corrected chi connectivity index (χ2v) is 5.09. The number of rotatable bonds is 4. The van der Waals surface area contributed by atoms with E-state index in [0.717, 1.165) is 31.6 Å². The van der Waals surface area contributed by atoms with Crippen LogP contribution in [0.15, 0.2) is 24.3 Å². The number of ether oxygens (including phenoxy) is 1. The molecule has 1 fully saturated rings. The number of aromatic hydroxyl groups is 1. The van der Waals surface area contributed by atoms with Gasteiger partial charge in [-0.25, -0.2) is 0 Å².